The lowest BCUT2D eigenvalue weighted by Gasteiger charge is -2.55. The molecule has 4 nitrogen and oxygen atoms in total. The fourth-order valence-electron chi connectivity index (χ4n) is 5.48. The van der Waals surface area contributed by atoms with Gasteiger partial charge in [-0.25, -0.2) is 0 Å². The lowest BCUT2D eigenvalue weighted by atomic mass is 9.49. The third kappa shape index (κ3) is 1.77. The van der Waals surface area contributed by atoms with Crippen molar-refractivity contribution in [2.75, 3.05) is 6.54 Å². The molecule has 0 unspecified atom stereocenters. The predicted octanol–water partition coefficient (Wildman–Crippen LogP) is 2.99. The maximum absolute atomic E-state index is 5.53. The summed E-state index contributed by atoms with van der Waals surface area (Å²) < 4.78 is 5.53. The molecule has 5 aliphatic rings. The van der Waals surface area contributed by atoms with Crippen molar-refractivity contribution in [2.45, 2.75) is 56.4 Å². The van der Waals surface area contributed by atoms with Crippen LogP contribution in [0, 0.1) is 17.8 Å². The summed E-state index contributed by atoms with van der Waals surface area (Å²) in [7, 11) is 0. The van der Waals surface area contributed by atoms with Gasteiger partial charge in [0, 0.05) is 5.41 Å². The second-order valence-electron chi connectivity index (χ2n) is 7.45. The van der Waals surface area contributed by atoms with Crippen LogP contribution >= 0.6 is 12.4 Å². The Kier molecular flexibility index (Phi) is 2.90. The first kappa shape index (κ1) is 13.1. The van der Waals surface area contributed by atoms with E-state index in [9.17, 15) is 0 Å². The highest BCUT2D eigenvalue weighted by Crippen LogP contribution is 2.60. The van der Waals surface area contributed by atoms with E-state index < -0.39 is 0 Å². The van der Waals surface area contributed by atoms with Crippen molar-refractivity contribution in [3.05, 3.63) is 11.7 Å². The van der Waals surface area contributed by atoms with E-state index in [2.05, 4.69) is 10.5 Å². The van der Waals surface area contributed by atoms with Crippen molar-refractivity contribution in [3.8, 4) is 0 Å². The van der Waals surface area contributed by atoms with Gasteiger partial charge in [-0.2, -0.15) is 4.98 Å². The molecule has 1 atom stereocenters. The average Bonchev–Trinajstić information content (AvgIpc) is 2.74. The smallest absolute Gasteiger partial charge is 0.243 e. The van der Waals surface area contributed by atoms with Gasteiger partial charge < -0.3 is 9.84 Å². The van der Waals surface area contributed by atoms with Gasteiger partial charge in [0.25, 0.3) is 0 Å². The quantitative estimate of drug-likeness (QED) is 0.911. The SMILES string of the molecule is C1C[C@H](c2nc(C34CC5CC(CC(C5)C3)C4)no2)N1.Cl. The lowest BCUT2D eigenvalue weighted by Crippen LogP contribution is -2.49. The second kappa shape index (κ2) is 4.44. The Labute approximate surface area is 125 Å². The number of aromatic nitrogens is 2. The van der Waals surface area contributed by atoms with E-state index in [1.54, 1.807) is 0 Å². The molecule has 5 heteroatoms. The Morgan fingerprint density at radius 2 is 1.65 bits per heavy atom. The summed E-state index contributed by atoms with van der Waals surface area (Å²) in [5, 5.41) is 7.74. The van der Waals surface area contributed by atoms with Crippen molar-refractivity contribution < 1.29 is 4.52 Å². The van der Waals surface area contributed by atoms with Crippen LogP contribution in [-0.2, 0) is 5.41 Å². The summed E-state index contributed by atoms with van der Waals surface area (Å²) in [4.78, 5) is 4.78. The van der Waals surface area contributed by atoms with Crippen LogP contribution in [0.1, 0.15) is 62.7 Å². The molecule has 2 heterocycles. The molecular formula is C15H22ClN3O. The maximum atomic E-state index is 5.53. The first-order valence-electron chi connectivity index (χ1n) is 7.88. The van der Waals surface area contributed by atoms with E-state index in [0.717, 1.165) is 42.4 Å². The highest BCUT2D eigenvalue weighted by Gasteiger charge is 2.54. The zero-order valence-corrected chi connectivity index (χ0v) is 12.5. The number of rotatable bonds is 2. The van der Waals surface area contributed by atoms with Crippen LogP contribution in [0.4, 0.5) is 0 Å². The average molecular weight is 296 g/mol. The maximum Gasteiger partial charge on any atom is 0.243 e. The van der Waals surface area contributed by atoms with Gasteiger partial charge in [0.15, 0.2) is 5.82 Å². The predicted molar refractivity (Wildman–Crippen MR) is 76.8 cm³/mol. The lowest BCUT2D eigenvalue weighted by molar-refractivity contribution is -0.0103. The van der Waals surface area contributed by atoms with Crippen molar-refractivity contribution >= 4 is 12.4 Å². The fraction of sp³-hybridized carbons (Fsp3) is 0.867. The second-order valence-corrected chi connectivity index (χ2v) is 7.45. The van der Waals surface area contributed by atoms with Gasteiger partial charge in [0.2, 0.25) is 5.89 Å². The molecule has 4 saturated carbocycles. The third-order valence-corrected chi connectivity index (χ3v) is 6.08. The summed E-state index contributed by atoms with van der Waals surface area (Å²) in [6.07, 6.45) is 9.49. The van der Waals surface area contributed by atoms with Crippen molar-refractivity contribution in [2.24, 2.45) is 17.8 Å². The van der Waals surface area contributed by atoms with Gasteiger partial charge >= 0.3 is 0 Å². The molecule has 20 heavy (non-hydrogen) atoms. The van der Waals surface area contributed by atoms with Gasteiger partial charge in [0.1, 0.15) is 0 Å². The summed E-state index contributed by atoms with van der Waals surface area (Å²) in [6, 6.07) is 0.329. The molecule has 4 aliphatic carbocycles. The van der Waals surface area contributed by atoms with Crippen LogP contribution in [0.15, 0.2) is 4.52 Å². The van der Waals surface area contributed by atoms with Crippen LogP contribution in [0.5, 0.6) is 0 Å². The van der Waals surface area contributed by atoms with E-state index in [4.69, 9.17) is 9.51 Å². The van der Waals surface area contributed by atoms with E-state index in [1.807, 2.05) is 0 Å². The van der Waals surface area contributed by atoms with Gasteiger partial charge in [-0.05, 0) is 69.2 Å². The highest BCUT2D eigenvalue weighted by molar-refractivity contribution is 5.85. The minimum absolute atomic E-state index is 0. The zero-order chi connectivity index (χ0) is 12.4. The molecule has 0 aromatic carbocycles. The van der Waals surface area contributed by atoms with Crippen molar-refractivity contribution in [1.82, 2.24) is 15.5 Å². The molecule has 5 fully saturated rings. The van der Waals surface area contributed by atoms with Gasteiger partial charge in [-0.3, -0.25) is 0 Å². The summed E-state index contributed by atoms with van der Waals surface area (Å²) >= 11 is 0. The van der Waals surface area contributed by atoms with Crippen LogP contribution in [0.3, 0.4) is 0 Å². The standard InChI is InChI=1S/C15H21N3O.ClH/c1-2-16-12(1)13-17-14(18-19-13)15-6-9-3-10(7-15)5-11(4-9)8-15;/h9-12,16H,1-8H2;1H/t9?,10?,11?,12-,15?;/m1./s1. The van der Waals surface area contributed by atoms with Crippen LogP contribution in [0.2, 0.25) is 0 Å². The minimum Gasteiger partial charge on any atom is -0.338 e. The van der Waals surface area contributed by atoms with Gasteiger partial charge in [-0.15, -0.1) is 12.4 Å². The number of hydrogen-bond donors (Lipinski definition) is 1. The normalized spacial score (nSPS) is 45.0. The molecule has 1 aromatic heterocycles. The minimum atomic E-state index is 0. The van der Waals surface area contributed by atoms with E-state index >= 15 is 0 Å². The van der Waals surface area contributed by atoms with Gasteiger partial charge in [-0.1, -0.05) is 5.16 Å². The number of halogens is 1. The molecule has 1 N–H and O–H groups in total. The first-order chi connectivity index (χ1) is 9.31. The van der Waals surface area contributed by atoms with Crippen LogP contribution in [-0.4, -0.2) is 16.7 Å². The zero-order valence-electron chi connectivity index (χ0n) is 11.7. The third-order valence-electron chi connectivity index (χ3n) is 6.08. The van der Waals surface area contributed by atoms with Crippen LogP contribution < -0.4 is 5.32 Å². The summed E-state index contributed by atoms with van der Waals surface area (Å²) in [5.74, 6) is 4.69. The van der Waals surface area contributed by atoms with E-state index in [-0.39, 0.29) is 17.8 Å². The number of hydrogen-bond acceptors (Lipinski definition) is 4. The van der Waals surface area contributed by atoms with E-state index in [1.165, 1.54) is 38.5 Å². The molecule has 1 aliphatic heterocycles. The fourth-order valence-corrected chi connectivity index (χ4v) is 5.48. The summed E-state index contributed by atoms with van der Waals surface area (Å²) in [6.45, 7) is 1.08. The monoisotopic (exact) mass is 295 g/mol. The Balaban J connectivity index is 0.00000106. The Bertz CT molecular complexity index is 476. The molecule has 0 radical (unpaired) electrons. The number of nitrogens with zero attached hydrogens (tertiary/aromatic N) is 2. The van der Waals surface area contributed by atoms with Crippen LogP contribution in [0.25, 0.3) is 0 Å². The topological polar surface area (TPSA) is 51.0 Å². The molecule has 1 aromatic rings. The summed E-state index contributed by atoms with van der Waals surface area (Å²) in [5.41, 5.74) is 0.278. The molecule has 4 bridgehead atoms. The first-order valence-corrected chi connectivity index (χ1v) is 7.88. The van der Waals surface area contributed by atoms with E-state index in [0.29, 0.717) is 6.04 Å². The molecule has 1 saturated heterocycles. The molecular weight excluding hydrogens is 274 g/mol. The number of nitrogens with one attached hydrogen (secondary N) is 1. The largest absolute Gasteiger partial charge is 0.338 e. The molecule has 0 spiro atoms. The van der Waals surface area contributed by atoms with Crippen molar-refractivity contribution in [1.29, 1.82) is 0 Å². The molecule has 6 rings (SSSR count). The van der Waals surface area contributed by atoms with Crippen molar-refractivity contribution in [3.63, 3.8) is 0 Å². The Hall–Kier alpha value is -0.610. The Morgan fingerprint density at radius 1 is 1.05 bits per heavy atom. The molecule has 110 valence electrons. The Morgan fingerprint density at radius 3 is 2.15 bits per heavy atom. The molecule has 0 amide bonds. The highest BCUT2D eigenvalue weighted by atomic mass is 35.5. The van der Waals surface area contributed by atoms with Gasteiger partial charge in [0.05, 0.1) is 6.04 Å².